The van der Waals surface area contributed by atoms with E-state index in [0.717, 1.165) is 17.6 Å². The maximum atomic E-state index is 14.1. The van der Waals surface area contributed by atoms with Crippen LogP contribution in [-0.2, 0) is 0 Å². The van der Waals surface area contributed by atoms with Crippen molar-refractivity contribution in [3.8, 4) is 0 Å². The van der Waals surface area contributed by atoms with E-state index in [2.05, 4.69) is 40.0 Å². The fraction of sp³-hybridized carbons (Fsp3) is 0.647. The Labute approximate surface area is 135 Å². The van der Waals surface area contributed by atoms with Crippen LogP contribution in [0.5, 0.6) is 0 Å². The van der Waals surface area contributed by atoms with Gasteiger partial charge in [0.05, 0.1) is 5.69 Å². The maximum Gasteiger partial charge on any atom is 0.147 e. The van der Waals surface area contributed by atoms with Gasteiger partial charge in [-0.2, -0.15) is 0 Å². The molecular weight excluding hydrogens is 331 g/mol. The lowest BCUT2D eigenvalue weighted by molar-refractivity contribution is 0.0517. The molecule has 1 heterocycles. The van der Waals surface area contributed by atoms with Crippen molar-refractivity contribution in [1.29, 1.82) is 0 Å². The molecule has 2 atom stereocenters. The highest BCUT2D eigenvalue weighted by Crippen LogP contribution is 2.37. The van der Waals surface area contributed by atoms with Gasteiger partial charge in [0.15, 0.2) is 0 Å². The summed E-state index contributed by atoms with van der Waals surface area (Å²) >= 11 is 3.32. The monoisotopic (exact) mass is 354 g/mol. The Hall–Kier alpha value is -0.610. The molecule has 1 saturated carbocycles. The molecule has 1 N–H and O–H groups in total. The molecule has 4 heteroatoms. The van der Waals surface area contributed by atoms with Crippen LogP contribution in [0, 0.1) is 17.7 Å². The maximum absolute atomic E-state index is 14.1. The lowest BCUT2D eigenvalue weighted by Crippen LogP contribution is -2.56. The number of halogens is 2. The second-order valence-corrected chi connectivity index (χ2v) is 7.71. The van der Waals surface area contributed by atoms with Crippen LogP contribution in [0.25, 0.3) is 0 Å². The number of hydrogen-bond donors (Lipinski definition) is 1. The van der Waals surface area contributed by atoms with Crippen LogP contribution < -0.4 is 5.32 Å². The molecular formula is C17H24BrFN2. The molecule has 1 aliphatic heterocycles. The van der Waals surface area contributed by atoms with Gasteiger partial charge in [0.25, 0.3) is 0 Å². The van der Waals surface area contributed by atoms with E-state index >= 15 is 0 Å². The van der Waals surface area contributed by atoms with E-state index in [0.29, 0.717) is 29.6 Å². The molecule has 0 spiro atoms. The van der Waals surface area contributed by atoms with Gasteiger partial charge < -0.3 is 10.2 Å². The molecule has 0 aromatic heterocycles. The summed E-state index contributed by atoms with van der Waals surface area (Å²) < 4.78 is 14.9. The molecule has 2 nitrogen and oxygen atoms in total. The zero-order valence-electron chi connectivity index (χ0n) is 12.8. The molecule has 2 bridgehead atoms. The predicted molar refractivity (Wildman–Crippen MR) is 89.1 cm³/mol. The molecule has 116 valence electrons. The van der Waals surface area contributed by atoms with Gasteiger partial charge in [-0.05, 0) is 56.7 Å². The van der Waals surface area contributed by atoms with Crippen molar-refractivity contribution in [2.24, 2.45) is 11.8 Å². The molecule has 2 unspecified atom stereocenters. The van der Waals surface area contributed by atoms with E-state index in [1.807, 2.05) is 12.1 Å². The quantitative estimate of drug-likeness (QED) is 0.858. The second kappa shape index (κ2) is 6.25. The standard InChI is InChI=1S/C17H24BrFN2/c1-11(2)21-9-12-4-3-5-13(10-21)17(12)20-16-7-6-14(18)8-15(16)19/h6-8,11-13,17,20H,3-5,9-10H2,1-2H3. The lowest BCUT2D eigenvalue weighted by atomic mass is 9.73. The van der Waals surface area contributed by atoms with Gasteiger partial charge in [-0.15, -0.1) is 0 Å². The van der Waals surface area contributed by atoms with Crippen LogP contribution in [0.15, 0.2) is 22.7 Å². The molecule has 1 aliphatic carbocycles. The molecule has 3 rings (SSSR count). The van der Waals surface area contributed by atoms with Crippen molar-refractivity contribution >= 4 is 21.6 Å². The SMILES string of the molecule is CC(C)N1CC2CCCC(C1)C2Nc1ccc(Br)cc1F. The van der Waals surface area contributed by atoms with Gasteiger partial charge >= 0.3 is 0 Å². The van der Waals surface area contributed by atoms with Crippen LogP contribution in [-0.4, -0.2) is 30.1 Å². The fourth-order valence-corrected chi connectivity index (χ4v) is 4.25. The number of benzene rings is 1. The Kier molecular flexibility index (Phi) is 4.55. The Morgan fingerprint density at radius 3 is 2.48 bits per heavy atom. The molecule has 21 heavy (non-hydrogen) atoms. The first kappa shape index (κ1) is 15.3. The summed E-state index contributed by atoms with van der Waals surface area (Å²) in [5, 5.41) is 3.52. The average molecular weight is 355 g/mol. The van der Waals surface area contributed by atoms with Crippen LogP contribution in [0.1, 0.15) is 33.1 Å². The van der Waals surface area contributed by atoms with Crippen molar-refractivity contribution in [2.75, 3.05) is 18.4 Å². The minimum Gasteiger partial charge on any atom is -0.379 e. The number of nitrogens with zero attached hydrogens (tertiary/aromatic N) is 1. The van der Waals surface area contributed by atoms with Gasteiger partial charge in [0.2, 0.25) is 0 Å². The largest absolute Gasteiger partial charge is 0.379 e. The van der Waals surface area contributed by atoms with Crippen molar-refractivity contribution in [3.63, 3.8) is 0 Å². The minimum atomic E-state index is -0.159. The topological polar surface area (TPSA) is 15.3 Å². The van der Waals surface area contributed by atoms with E-state index in [4.69, 9.17) is 0 Å². The Bertz CT molecular complexity index is 492. The Morgan fingerprint density at radius 1 is 1.24 bits per heavy atom. The third-order valence-corrected chi connectivity index (χ3v) is 5.58. The normalized spacial score (nSPS) is 29.7. The van der Waals surface area contributed by atoms with E-state index in [-0.39, 0.29) is 5.82 Å². The van der Waals surface area contributed by atoms with Gasteiger partial charge in [0.1, 0.15) is 5.82 Å². The molecule has 1 aromatic carbocycles. The Morgan fingerprint density at radius 2 is 1.90 bits per heavy atom. The zero-order chi connectivity index (χ0) is 15.0. The highest BCUT2D eigenvalue weighted by atomic mass is 79.9. The molecule has 2 fully saturated rings. The van der Waals surface area contributed by atoms with Crippen LogP contribution >= 0.6 is 15.9 Å². The first-order valence-electron chi connectivity index (χ1n) is 8.00. The second-order valence-electron chi connectivity index (χ2n) is 6.79. The third-order valence-electron chi connectivity index (χ3n) is 5.09. The van der Waals surface area contributed by atoms with Crippen LogP contribution in [0.4, 0.5) is 10.1 Å². The van der Waals surface area contributed by atoms with Gasteiger partial charge in [-0.1, -0.05) is 22.4 Å². The number of hydrogen-bond acceptors (Lipinski definition) is 2. The summed E-state index contributed by atoms with van der Waals surface area (Å²) in [6.45, 7) is 6.84. The van der Waals surface area contributed by atoms with E-state index in [1.165, 1.54) is 19.3 Å². The summed E-state index contributed by atoms with van der Waals surface area (Å²) in [7, 11) is 0. The number of fused-ring (bicyclic) bond motifs is 2. The lowest BCUT2D eigenvalue weighted by Gasteiger charge is -2.49. The number of anilines is 1. The molecule has 2 aliphatic rings. The van der Waals surface area contributed by atoms with Gasteiger partial charge in [-0.25, -0.2) is 4.39 Å². The average Bonchev–Trinajstić information content (AvgIpc) is 2.41. The van der Waals surface area contributed by atoms with Gasteiger partial charge in [0, 0.05) is 29.6 Å². The highest BCUT2D eigenvalue weighted by molar-refractivity contribution is 9.10. The summed E-state index contributed by atoms with van der Waals surface area (Å²) in [4.78, 5) is 2.59. The third kappa shape index (κ3) is 3.26. The fourth-order valence-electron chi connectivity index (χ4n) is 3.92. The zero-order valence-corrected chi connectivity index (χ0v) is 14.4. The molecule has 1 saturated heterocycles. The first-order chi connectivity index (χ1) is 10.0. The number of rotatable bonds is 3. The molecule has 1 aromatic rings. The van der Waals surface area contributed by atoms with Crippen molar-refractivity contribution in [2.45, 2.75) is 45.2 Å². The summed E-state index contributed by atoms with van der Waals surface area (Å²) in [5.74, 6) is 1.12. The van der Waals surface area contributed by atoms with Crippen molar-refractivity contribution in [3.05, 3.63) is 28.5 Å². The number of nitrogens with one attached hydrogen (secondary N) is 1. The highest BCUT2D eigenvalue weighted by Gasteiger charge is 2.40. The van der Waals surface area contributed by atoms with Crippen molar-refractivity contribution < 1.29 is 4.39 Å². The molecule has 0 amide bonds. The number of likely N-dealkylation sites (tertiary alicyclic amines) is 1. The summed E-state index contributed by atoms with van der Waals surface area (Å²) in [6, 6.07) is 6.33. The summed E-state index contributed by atoms with van der Waals surface area (Å²) in [5.41, 5.74) is 0.651. The van der Waals surface area contributed by atoms with Crippen LogP contribution in [0.3, 0.4) is 0 Å². The van der Waals surface area contributed by atoms with Crippen molar-refractivity contribution in [1.82, 2.24) is 4.90 Å². The first-order valence-corrected chi connectivity index (χ1v) is 8.79. The summed E-state index contributed by atoms with van der Waals surface area (Å²) in [6.07, 6.45) is 3.84. The van der Waals surface area contributed by atoms with E-state index in [1.54, 1.807) is 6.07 Å². The van der Waals surface area contributed by atoms with E-state index in [9.17, 15) is 4.39 Å². The smallest absolute Gasteiger partial charge is 0.147 e. The van der Waals surface area contributed by atoms with Crippen LogP contribution in [0.2, 0.25) is 0 Å². The van der Waals surface area contributed by atoms with Gasteiger partial charge in [-0.3, -0.25) is 0 Å². The number of piperidine rings is 1. The van der Waals surface area contributed by atoms with E-state index < -0.39 is 0 Å². The Balaban J connectivity index is 1.76. The minimum absolute atomic E-state index is 0.159. The molecule has 0 radical (unpaired) electrons. The predicted octanol–water partition coefficient (Wildman–Crippen LogP) is 4.51.